The molecule has 0 heterocycles. The van der Waals surface area contributed by atoms with Crippen LogP contribution in [0.3, 0.4) is 0 Å². The quantitative estimate of drug-likeness (QED) is 0.812. The molecule has 0 bridgehead atoms. The average molecular weight is 246 g/mol. The minimum Gasteiger partial charge on any atom is -0.457 e. The minimum absolute atomic E-state index is 0.241. The molecule has 4 nitrogen and oxygen atoms in total. The van der Waals surface area contributed by atoms with Gasteiger partial charge >= 0.3 is 5.97 Å². The lowest BCUT2D eigenvalue weighted by atomic mass is 10.2. The molecule has 0 amide bonds. The molecule has 2 rings (SSSR count). The summed E-state index contributed by atoms with van der Waals surface area (Å²) in [5.74, 6) is -0.946. The summed E-state index contributed by atoms with van der Waals surface area (Å²) in [5.41, 5.74) is 0.241. The molecule has 0 aliphatic heterocycles. The molecule has 0 unspecified atom stereocenters. The van der Waals surface area contributed by atoms with Crippen LogP contribution in [0.4, 0.5) is 0 Å². The second kappa shape index (κ2) is 5.18. The standard InChI is InChI=1S/C14H14O4/c1-17-14(15,16)11-7-9-13(10-8-11)18-12-5-3-2-4-6-12/h2-10,15-16H,1H3. The molecule has 0 atom stereocenters. The Labute approximate surface area is 105 Å². The Morgan fingerprint density at radius 3 is 1.94 bits per heavy atom. The van der Waals surface area contributed by atoms with E-state index in [9.17, 15) is 10.2 Å². The molecular formula is C14H14O4. The predicted octanol–water partition coefficient (Wildman–Crippen LogP) is 2.22. The SMILES string of the molecule is COC(O)(O)c1ccc(Oc2ccccc2)cc1. The number of rotatable bonds is 4. The highest BCUT2D eigenvalue weighted by atomic mass is 16.8. The molecule has 4 heteroatoms. The number of methoxy groups -OCH3 is 1. The van der Waals surface area contributed by atoms with Gasteiger partial charge in [0.15, 0.2) is 0 Å². The van der Waals surface area contributed by atoms with Gasteiger partial charge in [-0.25, -0.2) is 0 Å². The van der Waals surface area contributed by atoms with Crippen LogP contribution in [0.1, 0.15) is 5.56 Å². The molecule has 0 aliphatic carbocycles. The Morgan fingerprint density at radius 1 is 0.833 bits per heavy atom. The third-order valence-electron chi connectivity index (χ3n) is 2.49. The van der Waals surface area contributed by atoms with Crippen molar-refractivity contribution in [2.24, 2.45) is 0 Å². The highest BCUT2D eigenvalue weighted by Gasteiger charge is 2.24. The van der Waals surface area contributed by atoms with Gasteiger partial charge in [-0.1, -0.05) is 18.2 Å². The smallest absolute Gasteiger partial charge is 0.306 e. The van der Waals surface area contributed by atoms with Crippen LogP contribution in [0, 0.1) is 0 Å². The predicted molar refractivity (Wildman–Crippen MR) is 66.1 cm³/mol. The zero-order chi connectivity index (χ0) is 13.0. The van der Waals surface area contributed by atoms with E-state index < -0.39 is 5.97 Å². The first kappa shape index (κ1) is 12.6. The van der Waals surface area contributed by atoms with Gasteiger partial charge in [0.2, 0.25) is 0 Å². The summed E-state index contributed by atoms with van der Waals surface area (Å²) in [7, 11) is 1.22. The average Bonchev–Trinajstić information content (AvgIpc) is 2.40. The molecule has 0 radical (unpaired) electrons. The third kappa shape index (κ3) is 2.87. The fourth-order valence-electron chi connectivity index (χ4n) is 1.48. The Kier molecular flexibility index (Phi) is 3.62. The fraction of sp³-hybridized carbons (Fsp3) is 0.143. The van der Waals surface area contributed by atoms with Crippen LogP contribution < -0.4 is 4.74 Å². The van der Waals surface area contributed by atoms with Crippen molar-refractivity contribution in [3.8, 4) is 11.5 Å². The van der Waals surface area contributed by atoms with E-state index in [0.29, 0.717) is 5.75 Å². The van der Waals surface area contributed by atoms with E-state index >= 15 is 0 Å². The van der Waals surface area contributed by atoms with Crippen molar-refractivity contribution in [1.29, 1.82) is 0 Å². The molecule has 0 saturated heterocycles. The number of benzene rings is 2. The van der Waals surface area contributed by atoms with Gasteiger partial charge in [0.25, 0.3) is 0 Å². The van der Waals surface area contributed by atoms with Gasteiger partial charge in [0.05, 0.1) is 0 Å². The maximum Gasteiger partial charge on any atom is 0.306 e. The van der Waals surface area contributed by atoms with E-state index in [0.717, 1.165) is 5.75 Å². The number of ether oxygens (including phenoxy) is 2. The van der Waals surface area contributed by atoms with Crippen LogP contribution >= 0.6 is 0 Å². The molecule has 0 aliphatic rings. The molecule has 2 aromatic carbocycles. The van der Waals surface area contributed by atoms with Gasteiger partial charge in [-0.2, -0.15) is 0 Å². The number of para-hydroxylation sites is 1. The molecule has 18 heavy (non-hydrogen) atoms. The van der Waals surface area contributed by atoms with E-state index in [1.54, 1.807) is 12.1 Å². The second-order valence-corrected chi connectivity index (χ2v) is 3.75. The molecule has 0 fully saturated rings. The van der Waals surface area contributed by atoms with Gasteiger partial charge in [-0.05, 0) is 36.4 Å². The first-order valence-electron chi connectivity index (χ1n) is 5.45. The van der Waals surface area contributed by atoms with Crippen molar-refractivity contribution in [2.45, 2.75) is 5.97 Å². The highest BCUT2D eigenvalue weighted by molar-refractivity contribution is 5.33. The zero-order valence-corrected chi connectivity index (χ0v) is 9.91. The Morgan fingerprint density at radius 2 is 1.39 bits per heavy atom. The van der Waals surface area contributed by atoms with Crippen LogP contribution in [0.5, 0.6) is 11.5 Å². The maximum atomic E-state index is 9.47. The van der Waals surface area contributed by atoms with Crippen molar-refractivity contribution < 1.29 is 19.7 Å². The fourth-order valence-corrected chi connectivity index (χ4v) is 1.48. The number of hydrogen-bond acceptors (Lipinski definition) is 4. The Balaban J connectivity index is 2.14. The van der Waals surface area contributed by atoms with Crippen LogP contribution in [0.15, 0.2) is 54.6 Å². The molecular weight excluding hydrogens is 232 g/mol. The van der Waals surface area contributed by atoms with Crippen LogP contribution in [-0.2, 0) is 10.7 Å². The largest absolute Gasteiger partial charge is 0.457 e. The summed E-state index contributed by atoms with van der Waals surface area (Å²) in [5, 5.41) is 18.9. The highest BCUT2D eigenvalue weighted by Crippen LogP contribution is 2.24. The van der Waals surface area contributed by atoms with E-state index in [1.807, 2.05) is 30.3 Å². The second-order valence-electron chi connectivity index (χ2n) is 3.75. The van der Waals surface area contributed by atoms with E-state index in [4.69, 9.17) is 4.74 Å². The summed E-state index contributed by atoms with van der Waals surface area (Å²) in [6.45, 7) is 0. The lowest BCUT2D eigenvalue weighted by molar-refractivity contribution is -0.338. The summed E-state index contributed by atoms with van der Waals surface area (Å²) < 4.78 is 10.1. The van der Waals surface area contributed by atoms with Crippen LogP contribution in [-0.4, -0.2) is 17.3 Å². The lowest BCUT2D eigenvalue weighted by Gasteiger charge is -2.19. The van der Waals surface area contributed by atoms with Crippen LogP contribution in [0.2, 0.25) is 0 Å². The maximum absolute atomic E-state index is 9.47. The normalized spacial score (nSPS) is 11.3. The lowest BCUT2D eigenvalue weighted by Crippen LogP contribution is -2.26. The molecule has 2 aromatic rings. The van der Waals surface area contributed by atoms with Gasteiger partial charge in [0.1, 0.15) is 11.5 Å². The number of hydrogen-bond donors (Lipinski definition) is 2. The Bertz CT molecular complexity index is 491. The molecule has 2 N–H and O–H groups in total. The number of aliphatic hydroxyl groups is 2. The van der Waals surface area contributed by atoms with Crippen LogP contribution in [0.25, 0.3) is 0 Å². The first-order valence-corrected chi connectivity index (χ1v) is 5.45. The monoisotopic (exact) mass is 246 g/mol. The molecule has 0 aromatic heterocycles. The van der Waals surface area contributed by atoms with Gasteiger partial charge in [-0.3, -0.25) is 0 Å². The van der Waals surface area contributed by atoms with Crippen molar-refractivity contribution in [3.05, 3.63) is 60.2 Å². The van der Waals surface area contributed by atoms with E-state index in [-0.39, 0.29) is 5.56 Å². The first-order chi connectivity index (χ1) is 8.62. The van der Waals surface area contributed by atoms with Crippen molar-refractivity contribution >= 4 is 0 Å². The third-order valence-corrected chi connectivity index (χ3v) is 2.49. The van der Waals surface area contributed by atoms with Crippen molar-refractivity contribution in [2.75, 3.05) is 7.11 Å². The van der Waals surface area contributed by atoms with Gasteiger partial charge < -0.3 is 19.7 Å². The van der Waals surface area contributed by atoms with Crippen molar-refractivity contribution in [1.82, 2.24) is 0 Å². The van der Waals surface area contributed by atoms with Gasteiger partial charge in [0, 0.05) is 12.7 Å². The minimum atomic E-state index is -2.27. The van der Waals surface area contributed by atoms with E-state index in [2.05, 4.69) is 4.74 Å². The summed E-state index contributed by atoms with van der Waals surface area (Å²) in [6.07, 6.45) is 0. The van der Waals surface area contributed by atoms with Gasteiger partial charge in [-0.15, -0.1) is 0 Å². The van der Waals surface area contributed by atoms with Crippen molar-refractivity contribution in [3.63, 3.8) is 0 Å². The molecule has 94 valence electrons. The summed E-state index contributed by atoms with van der Waals surface area (Å²) in [6, 6.07) is 15.7. The molecule has 0 saturated carbocycles. The summed E-state index contributed by atoms with van der Waals surface area (Å²) in [4.78, 5) is 0. The van der Waals surface area contributed by atoms with E-state index in [1.165, 1.54) is 19.2 Å². The topological polar surface area (TPSA) is 58.9 Å². The zero-order valence-electron chi connectivity index (χ0n) is 9.91. The Hall–Kier alpha value is -1.88. The summed E-state index contributed by atoms with van der Waals surface area (Å²) >= 11 is 0. The molecule has 0 spiro atoms.